The summed E-state index contributed by atoms with van der Waals surface area (Å²) in [5.41, 5.74) is 5.00. The van der Waals surface area contributed by atoms with Crippen molar-refractivity contribution in [2.24, 2.45) is 5.73 Å². The predicted molar refractivity (Wildman–Crippen MR) is 57.8 cm³/mol. The first-order chi connectivity index (χ1) is 6.58. The van der Waals surface area contributed by atoms with Crippen LogP contribution in [0.25, 0.3) is 0 Å². The summed E-state index contributed by atoms with van der Waals surface area (Å²) in [5, 5.41) is 2.54. The molecule has 14 heavy (non-hydrogen) atoms. The summed E-state index contributed by atoms with van der Waals surface area (Å²) < 4.78 is 4.71. The van der Waals surface area contributed by atoms with Gasteiger partial charge in [-0.25, -0.2) is 4.79 Å². The van der Waals surface area contributed by atoms with Crippen LogP contribution in [-0.2, 0) is 4.74 Å². The van der Waals surface area contributed by atoms with Crippen LogP contribution in [0.1, 0.15) is 19.8 Å². The van der Waals surface area contributed by atoms with Crippen LogP contribution in [0.2, 0.25) is 0 Å². The van der Waals surface area contributed by atoms with Gasteiger partial charge in [-0.2, -0.15) is 0 Å². The Morgan fingerprint density at radius 2 is 1.93 bits per heavy atom. The predicted octanol–water partition coefficient (Wildman–Crippen LogP) is 1.65. The molecule has 0 aromatic carbocycles. The van der Waals surface area contributed by atoms with Crippen molar-refractivity contribution in [2.75, 3.05) is 18.4 Å². The monoisotopic (exact) mass is 242 g/mol. The van der Waals surface area contributed by atoms with Crippen molar-refractivity contribution in [3.63, 3.8) is 0 Å². The molecule has 1 amide bonds. The van der Waals surface area contributed by atoms with E-state index >= 15 is 0 Å². The maximum atomic E-state index is 11.1. The van der Waals surface area contributed by atoms with Gasteiger partial charge in [0.15, 0.2) is 0 Å². The Morgan fingerprint density at radius 1 is 1.43 bits per heavy atom. The van der Waals surface area contributed by atoms with E-state index in [1.165, 1.54) is 0 Å². The summed E-state index contributed by atoms with van der Waals surface area (Å²) in [6.07, 6.45) is 0.380. The highest BCUT2D eigenvalue weighted by molar-refractivity contribution is 6.18. The third-order valence-electron chi connectivity index (χ3n) is 1.71. The maximum Gasteiger partial charge on any atom is 0.408 e. The van der Waals surface area contributed by atoms with Gasteiger partial charge in [0.1, 0.15) is 0 Å². The molecule has 0 rings (SSSR count). The number of amides is 1. The maximum absolute atomic E-state index is 11.1. The van der Waals surface area contributed by atoms with E-state index in [1.807, 2.05) is 0 Å². The molecule has 0 radical (unpaired) electrons. The number of alkyl halides is 2. The third kappa shape index (κ3) is 5.52. The van der Waals surface area contributed by atoms with Crippen LogP contribution in [0.4, 0.5) is 4.79 Å². The number of hydrogen-bond donors (Lipinski definition) is 2. The third-order valence-corrected chi connectivity index (χ3v) is 2.09. The second kappa shape index (κ2) is 7.15. The van der Waals surface area contributed by atoms with Gasteiger partial charge in [0.05, 0.1) is 12.3 Å². The fourth-order valence-corrected chi connectivity index (χ4v) is 1.63. The lowest BCUT2D eigenvalue weighted by Gasteiger charge is -2.28. The highest BCUT2D eigenvalue weighted by atomic mass is 35.5. The van der Waals surface area contributed by atoms with Gasteiger partial charge >= 0.3 is 6.09 Å². The number of rotatable bonds is 6. The molecule has 0 aromatic heterocycles. The molecular weight excluding hydrogens is 227 g/mol. The first kappa shape index (κ1) is 13.8. The fraction of sp³-hybridized carbons (Fsp3) is 0.875. The summed E-state index contributed by atoms with van der Waals surface area (Å²) in [7, 11) is 0. The molecule has 4 nitrogen and oxygen atoms in total. The lowest BCUT2D eigenvalue weighted by molar-refractivity contribution is 0.136. The van der Waals surface area contributed by atoms with E-state index in [9.17, 15) is 4.79 Å². The summed E-state index contributed by atoms with van der Waals surface area (Å²) in [4.78, 5) is 11.1. The number of carbonyl (C=O) groups excluding carboxylic acids is 1. The minimum atomic E-state index is -0.865. The smallest absolute Gasteiger partial charge is 0.408 e. The molecule has 0 aliphatic carbocycles. The van der Waals surface area contributed by atoms with E-state index in [-0.39, 0.29) is 0 Å². The molecule has 3 N–H and O–H groups in total. The minimum absolute atomic E-state index is 0.309. The molecule has 0 saturated carbocycles. The number of halogens is 2. The van der Waals surface area contributed by atoms with Crippen LogP contribution >= 0.6 is 23.2 Å². The summed E-state index contributed by atoms with van der Waals surface area (Å²) >= 11 is 11.1. The lowest BCUT2D eigenvalue weighted by Crippen LogP contribution is -2.56. The molecule has 0 aliphatic heterocycles. The summed E-state index contributed by atoms with van der Waals surface area (Å²) in [5.74, 6) is 0.722. The zero-order valence-electron chi connectivity index (χ0n) is 8.19. The van der Waals surface area contributed by atoms with Crippen LogP contribution in [0.3, 0.4) is 0 Å². The summed E-state index contributed by atoms with van der Waals surface area (Å²) in [6, 6.07) is 0. The minimum Gasteiger partial charge on any atom is -0.450 e. The van der Waals surface area contributed by atoms with Crippen LogP contribution in [0.5, 0.6) is 0 Å². The first-order valence-electron chi connectivity index (χ1n) is 4.43. The quantitative estimate of drug-likeness (QED) is 0.550. The molecule has 0 unspecified atom stereocenters. The van der Waals surface area contributed by atoms with E-state index in [1.54, 1.807) is 6.92 Å². The number of nitrogens with two attached hydrogens (primary N) is 1. The fourth-order valence-electron chi connectivity index (χ4n) is 0.958. The van der Waals surface area contributed by atoms with Crippen molar-refractivity contribution in [1.29, 1.82) is 0 Å². The van der Waals surface area contributed by atoms with Crippen LogP contribution < -0.4 is 11.1 Å². The molecular formula is C8H16Cl2N2O2. The average Bonchev–Trinajstić information content (AvgIpc) is 2.04. The van der Waals surface area contributed by atoms with Gasteiger partial charge in [0.25, 0.3) is 0 Å². The van der Waals surface area contributed by atoms with Gasteiger partial charge in [-0.15, -0.1) is 23.2 Å². The molecule has 0 heterocycles. The lowest BCUT2D eigenvalue weighted by atomic mass is 10.1. The van der Waals surface area contributed by atoms with Crippen molar-refractivity contribution >= 4 is 29.3 Å². The average molecular weight is 243 g/mol. The Bertz CT molecular complexity index is 173. The largest absolute Gasteiger partial charge is 0.450 e. The van der Waals surface area contributed by atoms with E-state index < -0.39 is 11.8 Å². The Balaban J connectivity index is 4.12. The number of carbonyl (C=O) groups is 1. The Morgan fingerprint density at radius 3 is 2.29 bits per heavy atom. The Labute approximate surface area is 94.1 Å². The van der Waals surface area contributed by atoms with Crippen LogP contribution in [-0.4, -0.2) is 30.1 Å². The molecule has 0 aliphatic rings. The highest BCUT2D eigenvalue weighted by Crippen LogP contribution is 2.10. The van der Waals surface area contributed by atoms with Gasteiger partial charge in [-0.3, -0.25) is 0 Å². The second-order valence-electron chi connectivity index (χ2n) is 2.88. The van der Waals surface area contributed by atoms with Crippen molar-refractivity contribution < 1.29 is 9.53 Å². The van der Waals surface area contributed by atoms with Gasteiger partial charge in [0, 0.05) is 11.8 Å². The van der Waals surface area contributed by atoms with Gasteiger partial charge < -0.3 is 15.8 Å². The van der Waals surface area contributed by atoms with Crippen molar-refractivity contribution in [1.82, 2.24) is 5.32 Å². The van der Waals surface area contributed by atoms with Crippen molar-refractivity contribution in [3.8, 4) is 0 Å². The van der Waals surface area contributed by atoms with E-state index in [4.69, 9.17) is 33.7 Å². The van der Waals surface area contributed by atoms with E-state index in [0.29, 0.717) is 31.2 Å². The molecule has 0 spiro atoms. The van der Waals surface area contributed by atoms with Gasteiger partial charge in [0.2, 0.25) is 0 Å². The molecule has 6 heteroatoms. The van der Waals surface area contributed by atoms with Crippen molar-refractivity contribution in [3.05, 3.63) is 0 Å². The highest BCUT2D eigenvalue weighted by Gasteiger charge is 2.26. The number of nitrogens with one attached hydrogen (secondary N) is 1. The zero-order valence-corrected chi connectivity index (χ0v) is 9.70. The van der Waals surface area contributed by atoms with Crippen LogP contribution in [0.15, 0.2) is 0 Å². The SMILES string of the molecule is CCOC(=O)NC(N)(CCCl)CCCl. The van der Waals surface area contributed by atoms with Gasteiger partial charge in [-0.1, -0.05) is 0 Å². The number of alkyl carbamates (subject to hydrolysis) is 1. The molecule has 0 aromatic rings. The molecule has 0 fully saturated rings. The van der Waals surface area contributed by atoms with Gasteiger partial charge in [-0.05, 0) is 19.8 Å². The molecule has 0 atom stereocenters. The number of hydrogen-bond acceptors (Lipinski definition) is 3. The molecule has 0 saturated heterocycles. The molecule has 84 valence electrons. The second-order valence-corrected chi connectivity index (χ2v) is 3.64. The number of ether oxygens (including phenoxy) is 1. The summed E-state index contributed by atoms with van der Waals surface area (Å²) in [6.45, 7) is 2.03. The normalized spacial score (nSPS) is 11.1. The zero-order chi connectivity index (χ0) is 11.0. The molecule has 0 bridgehead atoms. The van der Waals surface area contributed by atoms with Crippen molar-refractivity contribution in [2.45, 2.75) is 25.4 Å². The Kier molecular flexibility index (Phi) is 7.05. The van der Waals surface area contributed by atoms with E-state index in [2.05, 4.69) is 5.32 Å². The Hall–Kier alpha value is -0.190. The first-order valence-corrected chi connectivity index (χ1v) is 5.50. The van der Waals surface area contributed by atoms with E-state index in [0.717, 1.165) is 0 Å². The standard InChI is InChI=1S/C8H16Cl2N2O2/c1-2-14-7(13)12-8(11,3-5-9)4-6-10/h2-6,11H2,1H3,(H,12,13). The van der Waals surface area contributed by atoms with Crippen LogP contribution in [0, 0.1) is 0 Å². The topological polar surface area (TPSA) is 64.3 Å².